The molecule has 0 aromatic heterocycles. The van der Waals surface area contributed by atoms with Crippen LogP contribution in [0, 0.1) is 5.92 Å². The van der Waals surface area contributed by atoms with Gasteiger partial charge in [0.2, 0.25) is 0 Å². The van der Waals surface area contributed by atoms with E-state index in [0.717, 1.165) is 0 Å². The van der Waals surface area contributed by atoms with Crippen LogP contribution in [0.5, 0.6) is 11.5 Å². The second kappa shape index (κ2) is 8.92. The fourth-order valence-electron chi connectivity index (χ4n) is 1.93. The first kappa shape index (κ1) is 17.8. The van der Waals surface area contributed by atoms with Crippen LogP contribution in [0.25, 0.3) is 0 Å². The molecule has 0 fully saturated rings. The smallest absolute Gasteiger partial charge is 0.323 e. The Morgan fingerprint density at radius 3 is 2.27 bits per heavy atom. The first-order valence-corrected chi connectivity index (χ1v) is 7.28. The van der Waals surface area contributed by atoms with Crippen molar-refractivity contribution < 1.29 is 24.2 Å². The molecule has 1 rings (SSSR count). The van der Waals surface area contributed by atoms with Gasteiger partial charge in [-0.25, -0.2) is 0 Å². The van der Waals surface area contributed by atoms with Crippen LogP contribution in [0.15, 0.2) is 24.3 Å². The molecule has 0 aliphatic heterocycles. The maximum Gasteiger partial charge on any atom is 0.323 e. The van der Waals surface area contributed by atoms with Gasteiger partial charge in [0.15, 0.2) is 18.1 Å². The van der Waals surface area contributed by atoms with Crippen LogP contribution in [0.3, 0.4) is 0 Å². The van der Waals surface area contributed by atoms with Gasteiger partial charge in [0, 0.05) is 6.54 Å². The molecule has 0 bridgehead atoms. The normalized spacial score (nSPS) is 10.4. The van der Waals surface area contributed by atoms with Gasteiger partial charge in [-0.2, -0.15) is 0 Å². The second-order valence-corrected chi connectivity index (χ2v) is 5.23. The minimum absolute atomic E-state index is 0.180. The fraction of sp³-hybridized carbons (Fsp3) is 0.500. The number of carbonyl (C=O) groups excluding carboxylic acids is 1. The molecule has 0 aliphatic carbocycles. The summed E-state index contributed by atoms with van der Waals surface area (Å²) in [5.74, 6) is -0.186. The van der Waals surface area contributed by atoms with E-state index in [9.17, 15) is 9.59 Å². The summed E-state index contributed by atoms with van der Waals surface area (Å²) < 4.78 is 10.9. The van der Waals surface area contributed by atoms with Crippen LogP contribution in [0.4, 0.5) is 0 Å². The first-order valence-electron chi connectivity index (χ1n) is 7.28. The van der Waals surface area contributed by atoms with E-state index < -0.39 is 5.97 Å². The highest BCUT2D eigenvalue weighted by Gasteiger charge is 2.19. The van der Waals surface area contributed by atoms with Gasteiger partial charge in [0.05, 0.1) is 6.61 Å². The van der Waals surface area contributed by atoms with Crippen LogP contribution in [0.2, 0.25) is 0 Å². The summed E-state index contributed by atoms with van der Waals surface area (Å²) in [4.78, 5) is 24.3. The molecular weight excluding hydrogens is 286 g/mol. The Kier molecular flexibility index (Phi) is 7.22. The molecule has 6 heteroatoms. The summed E-state index contributed by atoms with van der Waals surface area (Å²) in [6.07, 6.45) is 0. The Hall–Kier alpha value is -2.24. The van der Waals surface area contributed by atoms with E-state index in [-0.39, 0.29) is 25.0 Å². The number of para-hydroxylation sites is 2. The number of hydrogen-bond donors (Lipinski definition) is 1. The van der Waals surface area contributed by atoms with E-state index in [2.05, 4.69) is 0 Å². The van der Waals surface area contributed by atoms with Crippen LogP contribution in [0.1, 0.15) is 20.8 Å². The predicted molar refractivity (Wildman–Crippen MR) is 82.2 cm³/mol. The topological polar surface area (TPSA) is 76.1 Å². The standard InChI is InChI=1S/C16H23NO5/c1-4-21-13-7-5-6-8-14(13)22-11-15(18)17(9-12(2)3)10-16(19)20/h5-8,12H,4,9-11H2,1-3H3,(H,19,20). The molecule has 0 unspecified atom stereocenters. The highest BCUT2D eigenvalue weighted by molar-refractivity contribution is 5.82. The fourth-order valence-corrected chi connectivity index (χ4v) is 1.93. The van der Waals surface area contributed by atoms with E-state index in [0.29, 0.717) is 24.7 Å². The molecule has 1 amide bonds. The van der Waals surface area contributed by atoms with E-state index in [4.69, 9.17) is 14.6 Å². The molecule has 1 N–H and O–H groups in total. The van der Waals surface area contributed by atoms with Crippen LogP contribution in [-0.2, 0) is 9.59 Å². The highest BCUT2D eigenvalue weighted by Crippen LogP contribution is 2.26. The Bertz CT molecular complexity index is 501. The van der Waals surface area contributed by atoms with Crippen LogP contribution >= 0.6 is 0 Å². The van der Waals surface area contributed by atoms with Crippen molar-refractivity contribution in [1.29, 1.82) is 0 Å². The molecule has 0 saturated carbocycles. The summed E-state index contributed by atoms with van der Waals surface area (Å²) in [6.45, 7) is 6.03. The van der Waals surface area contributed by atoms with E-state index >= 15 is 0 Å². The zero-order valence-electron chi connectivity index (χ0n) is 13.2. The third kappa shape index (κ3) is 6.03. The number of rotatable bonds is 9. The number of aliphatic carboxylic acids is 1. The lowest BCUT2D eigenvalue weighted by atomic mass is 10.2. The average molecular weight is 309 g/mol. The number of ether oxygens (including phenoxy) is 2. The molecule has 6 nitrogen and oxygen atoms in total. The van der Waals surface area contributed by atoms with Gasteiger partial charge >= 0.3 is 5.97 Å². The molecule has 0 radical (unpaired) electrons. The molecule has 0 spiro atoms. The van der Waals surface area contributed by atoms with Gasteiger partial charge in [-0.15, -0.1) is 0 Å². The Labute approximate surface area is 130 Å². The number of carboxylic acids is 1. The molecule has 1 aromatic carbocycles. The lowest BCUT2D eigenvalue weighted by Crippen LogP contribution is -2.40. The van der Waals surface area contributed by atoms with E-state index in [1.165, 1.54) is 4.90 Å². The lowest BCUT2D eigenvalue weighted by molar-refractivity contribution is -0.145. The molecule has 0 heterocycles. The number of carboxylic acid groups (broad SMARTS) is 1. The number of amides is 1. The minimum Gasteiger partial charge on any atom is -0.490 e. The van der Waals surface area contributed by atoms with Crippen molar-refractivity contribution in [2.24, 2.45) is 5.92 Å². The van der Waals surface area contributed by atoms with Gasteiger partial charge in [0.1, 0.15) is 6.54 Å². The number of hydrogen-bond acceptors (Lipinski definition) is 4. The number of benzene rings is 1. The maximum atomic E-state index is 12.2. The zero-order valence-corrected chi connectivity index (χ0v) is 13.2. The third-order valence-electron chi connectivity index (χ3n) is 2.76. The van der Waals surface area contributed by atoms with Crippen molar-refractivity contribution in [1.82, 2.24) is 4.90 Å². The number of nitrogens with zero attached hydrogens (tertiary/aromatic N) is 1. The van der Waals surface area contributed by atoms with Gasteiger partial charge in [-0.05, 0) is 25.0 Å². The Balaban J connectivity index is 2.68. The van der Waals surface area contributed by atoms with Crippen molar-refractivity contribution in [2.75, 3.05) is 26.3 Å². The molecule has 1 aromatic rings. The largest absolute Gasteiger partial charge is 0.490 e. The molecular formula is C16H23NO5. The van der Waals surface area contributed by atoms with Crippen LogP contribution < -0.4 is 9.47 Å². The van der Waals surface area contributed by atoms with Gasteiger partial charge < -0.3 is 19.5 Å². The molecule has 0 aliphatic rings. The van der Waals surface area contributed by atoms with Gasteiger partial charge in [-0.3, -0.25) is 9.59 Å². The Morgan fingerprint density at radius 1 is 1.18 bits per heavy atom. The summed E-state index contributed by atoms with van der Waals surface area (Å²) >= 11 is 0. The first-order chi connectivity index (χ1) is 10.4. The SMILES string of the molecule is CCOc1ccccc1OCC(=O)N(CC(=O)O)CC(C)C. The van der Waals surface area contributed by atoms with Crippen molar-refractivity contribution in [3.8, 4) is 11.5 Å². The van der Waals surface area contributed by atoms with E-state index in [1.54, 1.807) is 18.2 Å². The zero-order chi connectivity index (χ0) is 16.5. The van der Waals surface area contributed by atoms with Gasteiger partial charge in [0.25, 0.3) is 5.91 Å². The summed E-state index contributed by atoms with van der Waals surface area (Å²) in [5.41, 5.74) is 0. The number of carbonyl (C=O) groups is 2. The van der Waals surface area contributed by atoms with Crippen molar-refractivity contribution in [3.63, 3.8) is 0 Å². The minimum atomic E-state index is -1.04. The third-order valence-corrected chi connectivity index (χ3v) is 2.76. The quantitative estimate of drug-likeness (QED) is 0.755. The highest BCUT2D eigenvalue weighted by atomic mass is 16.5. The van der Waals surface area contributed by atoms with E-state index in [1.807, 2.05) is 26.8 Å². The van der Waals surface area contributed by atoms with Crippen molar-refractivity contribution in [3.05, 3.63) is 24.3 Å². The molecule has 0 atom stereocenters. The summed E-state index contributed by atoms with van der Waals surface area (Å²) in [6, 6.07) is 7.06. The molecule has 22 heavy (non-hydrogen) atoms. The average Bonchev–Trinajstić information content (AvgIpc) is 2.44. The summed E-state index contributed by atoms with van der Waals surface area (Å²) in [5, 5.41) is 8.89. The molecule has 0 saturated heterocycles. The monoisotopic (exact) mass is 309 g/mol. The lowest BCUT2D eigenvalue weighted by Gasteiger charge is -2.23. The Morgan fingerprint density at radius 2 is 1.77 bits per heavy atom. The summed E-state index contributed by atoms with van der Waals surface area (Å²) in [7, 11) is 0. The van der Waals surface area contributed by atoms with Gasteiger partial charge in [-0.1, -0.05) is 26.0 Å². The van der Waals surface area contributed by atoms with Crippen molar-refractivity contribution in [2.45, 2.75) is 20.8 Å². The second-order valence-electron chi connectivity index (χ2n) is 5.23. The van der Waals surface area contributed by atoms with Crippen LogP contribution in [-0.4, -0.2) is 48.2 Å². The maximum absolute atomic E-state index is 12.2. The van der Waals surface area contributed by atoms with Crippen molar-refractivity contribution >= 4 is 11.9 Å². The predicted octanol–water partition coefficient (Wildman–Crippen LogP) is 2.03. The molecule has 122 valence electrons.